The van der Waals surface area contributed by atoms with Crippen LogP contribution in [0.2, 0.25) is 0 Å². The van der Waals surface area contributed by atoms with Gasteiger partial charge in [-0.3, -0.25) is 0 Å². The topological polar surface area (TPSA) is 77.5 Å². The summed E-state index contributed by atoms with van der Waals surface area (Å²) in [5, 5.41) is 0. The molecule has 2 N–H and O–H groups in total. The van der Waals surface area contributed by atoms with Gasteiger partial charge in [0.2, 0.25) is 0 Å². The highest BCUT2D eigenvalue weighted by atomic mass is 32.2. The van der Waals surface area contributed by atoms with Crippen molar-refractivity contribution in [3.8, 4) is 11.3 Å². The SMILES string of the molecule is CS(=O)(=O)c1ccc(-c2cn3cc(N)ccc3n2)cc1. The molecule has 102 valence electrons. The number of sulfone groups is 1. The molecule has 0 bridgehead atoms. The summed E-state index contributed by atoms with van der Waals surface area (Å²) in [6.45, 7) is 0. The van der Waals surface area contributed by atoms with Crippen LogP contribution in [0.1, 0.15) is 0 Å². The van der Waals surface area contributed by atoms with Crippen LogP contribution in [-0.2, 0) is 9.84 Å². The average molecular weight is 287 g/mol. The van der Waals surface area contributed by atoms with Gasteiger partial charge in [-0.15, -0.1) is 0 Å². The summed E-state index contributed by atoms with van der Waals surface area (Å²) in [4.78, 5) is 4.77. The highest BCUT2D eigenvalue weighted by molar-refractivity contribution is 7.90. The Morgan fingerprint density at radius 2 is 1.75 bits per heavy atom. The number of aromatic nitrogens is 2. The number of pyridine rings is 1. The fourth-order valence-corrected chi connectivity index (χ4v) is 2.65. The van der Waals surface area contributed by atoms with Crippen LogP contribution in [0.3, 0.4) is 0 Å². The molecule has 0 saturated heterocycles. The van der Waals surface area contributed by atoms with Gasteiger partial charge in [-0.25, -0.2) is 13.4 Å². The van der Waals surface area contributed by atoms with E-state index in [1.165, 1.54) is 6.26 Å². The van der Waals surface area contributed by atoms with E-state index in [4.69, 9.17) is 5.73 Å². The molecule has 0 aliphatic heterocycles. The summed E-state index contributed by atoms with van der Waals surface area (Å²) in [6.07, 6.45) is 4.84. The van der Waals surface area contributed by atoms with Crippen molar-refractivity contribution in [3.05, 3.63) is 48.8 Å². The highest BCUT2D eigenvalue weighted by Crippen LogP contribution is 2.21. The van der Waals surface area contributed by atoms with Gasteiger partial charge >= 0.3 is 0 Å². The van der Waals surface area contributed by atoms with Gasteiger partial charge < -0.3 is 10.1 Å². The number of nitrogens with zero attached hydrogens (tertiary/aromatic N) is 2. The Kier molecular flexibility index (Phi) is 2.76. The summed E-state index contributed by atoms with van der Waals surface area (Å²) >= 11 is 0. The molecule has 3 aromatic rings. The summed E-state index contributed by atoms with van der Waals surface area (Å²) in [6, 6.07) is 10.3. The first-order valence-corrected chi connectivity index (χ1v) is 7.87. The van der Waals surface area contributed by atoms with E-state index < -0.39 is 9.84 Å². The lowest BCUT2D eigenvalue weighted by atomic mass is 10.2. The fourth-order valence-electron chi connectivity index (χ4n) is 2.02. The van der Waals surface area contributed by atoms with Crippen LogP contribution < -0.4 is 5.73 Å². The number of fused-ring (bicyclic) bond motifs is 1. The van der Waals surface area contributed by atoms with Gasteiger partial charge in [0, 0.05) is 29.9 Å². The molecule has 6 heteroatoms. The number of nitrogens with two attached hydrogens (primary N) is 1. The van der Waals surface area contributed by atoms with Gasteiger partial charge in [0.05, 0.1) is 10.6 Å². The van der Waals surface area contributed by atoms with Crippen molar-refractivity contribution in [3.63, 3.8) is 0 Å². The second-order valence-electron chi connectivity index (χ2n) is 4.65. The van der Waals surface area contributed by atoms with E-state index in [2.05, 4.69) is 4.98 Å². The quantitative estimate of drug-likeness (QED) is 0.782. The Balaban J connectivity index is 2.07. The smallest absolute Gasteiger partial charge is 0.175 e. The number of rotatable bonds is 2. The van der Waals surface area contributed by atoms with E-state index in [9.17, 15) is 8.42 Å². The van der Waals surface area contributed by atoms with Crippen LogP contribution in [0, 0.1) is 0 Å². The molecular weight excluding hydrogens is 274 g/mol. The third-order valence-corrected chi connectivity index (χ3v) is 4.18. The minimum absolute atomic E-state index is 0.300. The molecular formula is C14H13N3O2S. The molecule has 0 saturated carbocycles. The molecule has 5 nitrogen and oxygen atoms in total. The molecule has 20 heavy (non-hydrogen) atoms. The Morgan fingerprint density at radius 3 is 2.40 bits per heavy atom. The summed E-state index contributed by atoms with van der Waals surface area (Å²) < 4.78 is 24.7. The van der Waals surface area contributed by atoms with Crippen molar-refractivity contribution in [1.29, 1.82) is 0 Å². The molecule has 0 unspecified atom stereocenters. The van der Waals surface area contributed by atoms with E-state index >= 15 is 0 Å². The zero-order valence-electron chi connectivity index (χ0n) is 10.8. The zero-order valence-corrected chi connectivity index (χ0v) is 11.6. The number of hydrogen-bond donors (Lipinski definition) is 1. The first-order chi connectivity index (χ1) is 9.43. The molecule has 0 aliphatic rings. The van der Waals surface area contributed by atoms with Gasteiger partial charge in [0.25, 0.3) is 0 Å². The predicted molar refractivity (Wildman–Crippen MR) is 78.2 cm³/mol. The lowest BCUT2D eigenvalue weighted by molar-refractivity contribution is 0.602. The number of anilines is 1. The van der Waals surface area contributed by atoms with Gasteiger partial charge in [0.15, 0.2) is 9.84 Å². The average Bonchev–Trinajstić information content (AvgIpc) is 2.80. The van der Waals surface area contributed by atoms with Crippen molar-refractivity contribution in [1.82, 2.24) is 9.38 Å². The van der Waals surface area contributed by atoms with E-state index in [1.54, 1.807) is 36.5 Å². The molecule has 0 fully saturated rings. The largest absolute Gasteiger partial charge is 0.398 e. The maximum atomic E-state index is 11.4. The van der Waals surface area contributed by atoms with Crippen molar-refractivity contribution in [2.45, 2.75) is 4.90 Å². The van der Waals surface area contributed by atoms with Crippen LogP contribution in [-0.4, -0.2) is 24.1 Å². The first-order valence-electron chi connectivity index (χ1n) is 5.98. The van der Waals surface area contributed by atoms with Crippen molar-refractivity contribution < 1.29 is 8.42 Å². The Morgan fingerprint density at radius 1 is 1.05 bits per heavy atom. The Hall–Kier alpha value is -2.34. The number of hydrogen-bond acceptors (Lipinski definition) is 4. The van der Waals surface area contributed by atoms with E-state index in [1.807, 2.05) is 16.7 Å². The highest BCUT2D eigenvalue weighted by Gasteiger charge is 2.08. The summed E-state index contributed by atoms with van der Waals surface area (Å²) in [7, 11) is -3.17. The Labute approximate surface area is 116 Å². The molecule has 2 heterocycles. The molecule has 0 atom stereocenters. The number of imidazole rings is 1. The van der Waals surface area contributed by atoms with Crippen LogP contribution in [0.15, 0.2) is 53.7 Å². The second-order valence-corrected chi connectivity index (χ2v) is 6.67. The maximum Gasteiger partial charge on any atom is 0.175 e. The Bertz CT molecular complexity index is 880. The van der Waals surface area contributed by atoms with Crippen molar-refractivity contribution in [2.75, 3.05) is 12.0 Å². The fraction of sp³-hybridized carbons (Fsp3) is 0.0714. The number of benzene rings is 1. The van der Waals surface area contributed by atoms with E-state index in [0.717, 1.165) is 16.9 Å². The third kappa shape index (κ3) is 2.25. The minimum atomic E-state index is -3.17. The normalized spacial score (nSPS) is 11.8. The summed E-state index contributed by atoms with van der Waals surface area (Å²) in [5.41, 5.74) is 8.81. The predicted octanol–water partition coefficient (Wildman–Crippen LogP) is 1.99. The number of nitrogen functional groups attached to an aromatic ring is 1. The monoisotopic (exact) mass is 287 g/mol. The third-order valence-electron chi connectivity index (χ3n) is 3.05. The maximum absolute atomic E-state index is 11.4. The standard InChI is InChI=1S/C14H13N3O2S/c1-20(18,19)12-5-2-10(3-6-12)13-9-17-8-11(15)4-7-14(17)16-13/h2-9H,15H2,1H3. The molecule has 3 rings (SSSR count). The van der Waals surface area contributed by atoms with Crippen molar-refractivity contribution in [2.24, 2.45) is 0 Å². The first kappa shape index (κ1) is 12.7. The van der Waals surface area contributed by atoms with Crippen LogP contribution in [0.4, 0.5) is 5.69 Å². The molecule has 2 aromatic heterocycles. The van der Waals surface area contributed by atoms with E-state index in [-0.39, 0.29) is 0 Å². The van der Waals surface area contributed by atoms with Gasteiger partial charge in [-0.1, -0.05) is 12.1 Å². The molecule has 0 aliphatic carbocycles. The zero-order chi connectivity index (χ0) is 14.3. The van der Waals surface area contributed by atoms with Gasteiger partial charge in [-0.05, 0) is 24.3 Å². The minimum Gasteiger partial charge on any atom is -0.398 e. The second kappa shape index (κ2) is 4.35. The van der Waals surface area contributed by atoms with Crippen molar-refractivity contribution >= 4 is 21.2 Å². The lowest BCUT2D eigenvalue weighted by Crippen LogP contribution is -1.96. The molecule has 0 radical (unpaired) electrons. The van der Waals surface area contributed by atoms with Crippen LogP contribution >= 0.6 is 0 Å². The molecule has 0 amide bonds. The van der Waals surface area contributed by atoms with Gasteiger partial charge in [0.1, 0.15) is 5.65 Å². The molecule has 1 aromatic carbocycles. The molecule has 0 spiro atoms. The van der Waals surface area contributed by atoms with Crippen LogP contribution in [0.5, 0.6) is 0 Å². The lowest BCUT2D eigenvalue weighted by Gasteiger charge is -1.99. The van der Waals surface area contributed by atoms with Gasteiger partial charge in [-0.2, -0.15) is 0 Å². The summed E-state index contributed by atoms with van der Waals surface area (Å²) in [5.74, 6) is 0. The van der Waals surface area contributed by atoms with E-state index in [0.29, 0.717) is 10.6 Å². The van der Waals surface area contributed by atoms with Crippen LogP contribution in [0.25, 0.3) is 16.9 Å².